The van der Waals surface area contributed by atoms with E-state index in [4.69, 9.17) is 5.73 Å². The summed E-state index contributed by atoms with van der Waals surface area (Å²) in [7, 11) is -3.49. The fourth-order valence-electron chi connectivity index (χ4n) is 1.79. The minimum Gasteiger partial charge on any atom is -0.399 e. The number of anilines is 1. The Morgan fingerprint density at radius 2 is 2.17 bits per heavy atom. The second-order valence-corrected chi connectivity index (χ2v) is 7.00. The number of benzene rings is 1. The van der Waals surface area contributed by atoms with Crippen LogP contribution in [0.3, 0.4) is 0 Å². The summed E-state index contributed by atoms with van der Waals surface area (Å²) < 4.78 is 27.1. The zero-order chi connectivity index (χ0) is 13.3. The SMILES string of the molecule is C=CCN(C1CC1)S(=O)(=O)c1ccc(N)cc1Br. The van der Waals surface area contributed by atoms with E-state index >= 15 is 0 Å². The van der Waals surface area contributed by atoms with Gasteiger partial charge in [0, 0.05) is 22.7 Å². The third kappa shape index (κ3) is 2.60. The van der Waals surface area contributed by atoms with Crippen molar-refractivity contribution in [1.82, 2.24) is 4.31 Å². The van der Waals surface area contributed by atoms with Crippen LogP contribution in [-0.4, -0.2) is 25.3 Å². The lowest BCUT2D eigenvalue weighted by Gasteiger charge is -2.21. The molecule has 1 aromatic carbocycles. The highest BCUT2D eigenvalue weighted by molar-refractivity contribution is 9.10. The summed E-state index contributed by atoms with van der Waals surface area (Å²) in [6.07, 6.45) is 3.44. The highest BCUT2D eigenvalue weighted by atomic mass is 79.9. The van der Waals surface area contributed by atoms with E-state index in [1.54, 1.807) is 18.2 Å². The van der Waals surface area contributed by atoms with Crippen LogP contribution in [-0.2, 0) is 10.0 Å². The number of hydrogen-bond acceptors (Lipinski definition) is 3. The molecule has 1 fully saturated rings. The van der Waals surface area contributed by atoms with Crippen LogP contribution in [0.15, 0.2) is 40.2 Å². The Hall–Kier alpha value is -0.850. The molecular formula is C12H15BrN2O2S. The molecule has 98 valence electrons. The van der Waals surface area contributed by atoms with E-state index in [0.717, 1.165) is 12.8 Å². The maximum atomic E-state index is 12.5. The van der Waals surface area contributed by atoms with E-state index in [9.17, 15) is 8.42 Å². The molecule has 0 radical (unpaired) electrons. The summed E-state index contributed by atoms with van der Waals surface area (Å²) in [5.41, 5.74) is 6.15. The Bertz CT molecular complexity index is 567. The zero-order valence-electron chi connectivity index (χ0n) is 9.84. The molecule has 2 rings (SSSR count). The van der Waals surface area contributed by atoms with Crippen molar-refractivity contribution in [2.75, 3.05) is 12.3 Å². The molecule has 1 aliphatic carbocycles. The van der Waals surface area contributed by atoms with Gasteiger partial charge in [-0.05, 0) is 47.0 Å². The van der Waals surface area contributed by atoms with Gasteiger partial charge >= 0.3 is 0 Å². The summed E-state index contributed by atoms with van der Waals surface area (Å²) in [5, 5.41) is 0. The van der Waals surface area contributed by atoms with Gasteiger partial charge in [0.1, 0.15) is 0 Å². The number of rotatable bonds is 5. The standard InChI is InChI=1S/C12H15BrN2O2S/c1-2-7-15(10-4-5-10)18(16,17)12-6-3-9(14)8-11(12)13/h2-3,6,8,10H,1,4-5,7,14H2. The molecule has 1 aromatic rings. The van der Waals surface area contributed by atoms with Gasteiger partial charge in [-0.25, -0.2) is 8.42 Å². The van der Waals surface area contributed by atoms with Gasteiger partial charge in [-0.2, -0.15) is 4.31 Å². The lowest BCUT2D eigenvalue weighted by atomic mass is 10.3. The molecule has 0 saturated heterocycles. The van der Waals surface area contributed by atoms with Crippen LogP contribution in [0.2, 0.25) is 0 Å². The first-order valence-electron chi connectivity index (χ1n) is 5.64. The van der Waals surface area contributed by atoms with Crippen molar-refractivity contribution in [3.63, 3.8) is 0 Å². The molecule has 0 bridgehead atoms. The van der Waals surface area contributed by atoms with Crippen molar-refractivity contribution in [2.24, 2.45) is 0 Å². The maximum Gasteiger partial charge on any atom is 0.244 e. The Kier molecular flexibility index (Phi) is 3.79. The van der Waals surface area contributed by atoms with Gasteiger partial charge in [0.05, 0.1) is 4.90 Å². The fourth-order valence-corrected chi connectivity index (χ4v) is 4.50. The summed E-state index contributed by atoms with van der Waals surface area (Å²) in [6.45, 7) is 3.95. The number of halogens is 1. The number of nitrogen functional groups attached to an aromatic ring is 1. The lowest BCUT2D eigenvalue weighted by molar-refractivity contribution is 0.435. The van der Waals surface area contributed by atoms with Crippen molar-refractivity contribution in [3.05, 3.63) is 35.3 Å². The molecule has 4 nitrogen and oxygen atoms in total. The number of nitrogens with two attached hydrogens (primary N) is 1. The largest absolute Gasteiger partial charge is 0.399 e. The molecule has 0 unspecified atom stereocenters. The van der Waals surface area contributed by atoms with Crippen LogP contribution < -0.4 is 5.73 Å². The molecule has 0 aliphatic heterocycles. The summed E-state index contributed by atoms with van der Waals surface area (Å²) in [6, 6.07) is 4.84. The van der Waals surface area contributed by atoms with Crippen LogP contribution >= 0.6 is 15.9 Å². The van der Waals surface area contributed by atoms with Gasteiger partial charge in [-0.1, -0.05) is 6.08 Å². The average molecular weight is 331 g/mol. The van der Waals surface area contributed by atoms with E-state index in [-0.39, 0.29) is 10.9 Å². The Balaban J connectivity index is 2.42. The first kappa shape index (κ1) is 13.6. The molecule has 0 heterocycles. The molecule has 1 saturated carbocycles. The summed E-state index contributed by atoms with van der Waals surface area (Å²) >= 11 is 3.26. The molecule has 0 amide bonds. The third-order valence-electron chi connectivity index (χ3n) is 2.81. The predicted molar refractivity (Wildman–Crippen MR) is 75.7 cm³/mol. The molecular weight excluding hydrogens is 316 g/mol. The summed E-state index contributed by atoms with van der Waals surface area (Å²) in [4.78, 5) is 0.255. The zero-order valence-corrected chi connectivity index (χ0v) is 12.2. The first-order chi connectivity index (χ1) is 8.46. The summed E-state index contributed by atoms with van der Waals surface area (Å²) in [5.74, 6) is 0. The number of sulfonamides is 1. The number of nitrogens with zero attached hydrogens (tertiary/aromatic N) is 1. The van der Waals surface area contributed by atoms with Crippen molar-refractivity contribution in [3.8, 4) is 0 Å². The smallest absolute Gasteiger partial charge is 0.244 e. The van der Waals surface area contributed by atoms with Crippen LogP contribution in [0.25, 0.3) is 0 Å². The maximum absolute atomic E-state index is 12.5. The van der Waals surface area contributed by atoms with E-state index in [2.05, 4.69) is 22.5 Å². The minimum atomic E-state index is -3.49. The molecule has 2 N–H and O–H groups in total. The minimum absolute atomic E-state index is 0.109. The lowest BCUT2D eigenvalue weighted by Crippen LogP contribution is -2.33. The molecule has 6 heteroatoms. The molecule has 0 aromatic heterocycles. The highest BCUT2D eigenvalue weighted by Crippen LogP contribution is 2.34. The average Bonchev–Trinajstić information content (AvgIpc) is 3.08. The Labute approximate surface area is 116 Å². The normalized spacial score (nSPS) is 15.9. The Morgan fingerprint density at radius 3 is 2.67 bits per heavy atom. The van der Waals surface area contributed by atoms with Crippen molar-refractivity contribution in [1.29, 1.82) is 0 Å². The van der Waals surface area contributed by atoms with Gasteiger partial charge in [0.15, 0.2) is 0 Å². The van der Waals surface area contributed by atoms with E-state index in [1.807, 2.05) is 0 Å². The van der Waals surface area contributed by atoms with Gasteiger partial charge in [-0.3, -0.25) is 0 Å². The van der Waals surface area contributed by atoms with Crippen LogP contribution in [0.5, 0.6) is 0 Å². The molecule has 0 spiro atoms. The van der Waals surface area contributed by atoms with Gasteiger partial charge in [0.2, 0.25) is 10.0 Å². The van der Waals surface area contributed by atoms with E-state index in [0.29, 0.717) is 16.7 Å². The molecule has 0 atom stereocenters. The quantitative estimate of drug-likeness (QED) is 0.665. The third-order valence-corrected chi connectivity index (χ3v) is 5.70. The van der Waals surface area contributed by atoms with E-state index in [1.165, 1.54) is 10.4 Å². The highest BCUT2D eigenvalue weighted by Gasteiger charge is 2.37. The second-order valence-electron chi connectivity index (χ2n) is 4.28. The van der Waals surface area contributed by atoms with Crippen molar-refractivity contribution in [2.45, 2.75) is 23.8 Å². The van der Waals surface area contributed by atoms with Crippen LogP contribution in [0.4, 0.5) is 5.69 Å². The van der Waals surface area contributed by atoms with Gasteiger partial charge in [-0.15, -0.1) is 6.58 Å². The second kappa shape index (κ2) is 5.03. The number of hydrogen-bond donors (Lipinski definition) is 1. The van der Waals surface area contributed by atoms with Crippen LogP contribution in [0.1, 0.15) is 12.8 Å². The fraction of sp³-hybridized carbons (Fsp3) is 0.333. The van der Waals surface area contributed by atoms with Gasteiger partial charge < -0.3 is 5.73 Å². The van der Waals surface area contributed by atoms with Crippen molar-refractivity contribution >= 4 is 31.6 Å². The van der Waals surface area contributed by atoms with Crippen LogP contribution in [0, 0.1) is 0 Å². The van der Waals surface area contributed by atoms with Gasteiger partial charge in [0.25, 0.3) is 0 Å². The van der Waals surface area contributed by atoms with Crippen molar-refractivity contribution < 1.29 is 8.42 Å². The molecule has 1 aliphatic rings. The Morgan fingerprint density at radius 1 is 1.50 bits per heavy atom. The topological polar surface area (TPSA) is 63.4 Å². The predicted octanol–water partition coefficient (Wildman–Crippen LogP) is 2.37. The first-order valence-corrected chi connectivity index (χ1v) is 7.88. The molecule has 18 heavy (non-hydrogen) atoms. The van der Waals surface area contributed by atoms with E-state index < -0.39 is 10.0 Å². The monoisotopic (exact) mass is 330 g/mol.